The lowest BCUT2D eigenvalue weighted by atomic mass is 10.0. The smallest absolute Gasteiger partial charge is 0.389 e. The van der Waals surface area contributed by atoms with Gasteiger partial charge in [0.1, 0.15) is 6.54 Å². The molecule has 9 heteroatoms. The number of hydrogen-bond acceptors (Lipinski definition) is 3. The summed E-state index contributed by atoms with van der Waals surface area (Å²) in [5.74, 6) is 0. The van der Waals surface area contributed by atoms with Crippen LogP contribution < -0.4 is 4.72 Å². The van der Waals surface area contributed by atoms with Gasteiger partial charge < -0.3 is 5.11 Å². The summed E-state index contributed by atoms with van der Waals surface area (Å²) in [4.78, 5) is 0. The summed E-state index contributed by atoms with van der Waals surface area (Å²) in [5, 5.41) is 10.00. The van der Waals surface area contributed by atoms with Crippen LogP contribution in [0.1, 0.15) is 25.7 Å². The predicted molar refractivity (Wildman–Crippen MR) is 59.0 cm³/mol. The summed E-state index contributed by atoms with van der Waals surface area (Å²) in [6.45, 7) is -1.81. The molecular formula is C9H17F3N2O3S. The van der Waals surface area contributed by atoms with E-state index in [1.807, 2.05) is 0 Å². The van der Waals surface area contributed by atoms with Crippen LogP contribution in [0.5, 0.6) is 0 Å². The van der Waals surface area contributed by atoms with E-state index in [0.29, 0.717) is 12.8 Å². The molecule has 2 N–H and O–H groups in total. The monoisotopic (exact) mass is 290 g/mol. The second-order valence-corrected chi connectivity index (χ2v) is 6.49. The van der Waals surface area contributed by atoms with E-state index in [1.54, 1.807) is 0 Å². The molecule has 108 valence electrons. The molecule has 0 aromatic carbocycles. The minimum atomic E-state index is -4.60. The van der Waals surface area contributed by atoms with Crippen molar-refractivity contribution < 1.29 is 26.7 Å². The van der Waals surface area contributed by atoms with Gasteiger partial charge in [-0.25, -0.2) is 0 Å². The van der Waals surface area contributed by atoms with Gasteiger partial charge in [-0.2, -0.15) is 30.6 Å². The summed E-state index contributed by atoms with van der Waals surface area (Å²) in [7, 11) is -3.07. The summed E-state index contributed by atoms with van der Waals surface area (Å²) in [6.07, 6.45) is -2.09. The van der Waals surface area contributed by atoms with Crippen molar-refractivity contribution in [3.05, 3.63) is 0 Å². The number of aliphatic hydroxyl groups is 1. The maximum absolute atomic E-state index is 11.9. The van der Waals surface area contributed by atoms with Crippen LogP contribution in [0.2, 0.25) is 0 Å². The molecule has 18 heavy (non-hydrogen) atoms. The Labute approximate surface area is 104 Å². The number of rotatable bonds is 5. The minimum absolute atomic E-state index is 0.194. The van der Waals surface area contributed by atoms with E-state index in [-0.39, 0.29) is 6.54 Å². The molecule has 0 radical (unpaired) electrons. The van der Waals surface area contributed by atoms with Crippen molar-refractivity contribution >= 4 is 10.2 Å². The molecule has 0 atom stereocenters. The minimum Gasteiger partial charge on any atom is -0.389 e. The van der Waals surface area contributed by atoms with Gasteiger partial charge in [-0.05, 0) is 12.8 Å². The first kappa shape index (κ1) is 15.7. The van der Waals surface area contributed by atoms with Crippen molar-refractivity contribution in [1.82, 2.24) is 9.03 Å². The van der Waals surface area contributed by atoms with Crippen molar-refractivity contribution in [2.45, 2.75) is 37.5 Å². The molecule has 0 aromatic heterocycles. The van der Waals surface area contributed by atoms with Crippen LogP contribution in [-0.2, 0) is 10.2 Å². The number of likely N-dealkylation sites (N-methyl/N-ethyl adjacent to an activating group) is 1. The van der Waals surface area contributed by atoms with Gasteiger partial charge >= 0.3 is 6.18 Å². The van der Waals surface area contributed by atoms with E-state index >= 15 is 0 Å². The molecule has 0 aromatic rings. The molecule has 1 aliphatic carbocycles. The maximum atomic E-state index is 11.9. The van der Waals surface area contributed by atoms with Crippen LogP contribution in [-0.4, -0.2) is 49.7 Å². The number of nitrogens with one attached hydrogen (secondary N) is 1. The van der Waals surface area contributed by atoms with Gasteiger partial charge in [0.05, 0.1) is 5.60 Å². The molecular weight excluding hydrogens is 273 g/mol. The fraction of sp³-hybridized carbons (Fsp3) is 1.00. The second-order valence-electron chi connectivity index (χ2n) is 4.63. The highest BCUT2D eigenvalue weighted by Gasteiger charge is 2.36. The third-order valence-electron chi connectivity index (χ3n) is 2.92. The first-order chi connectivity index (χ1) is 8.04. The Bertz CT molecular complexity index is 377. The Hall–Kier alpha value is -0.380. The van der Waals surface area contributed by atoms with Crippen LogP contribution in [0.3, 0.4) is 0 Å². The first-order valence-corrected chi connectivity index (χ1v) is 6.98. The van der Waals surface area contributed by atoms with E-state index < -0.39 is 28.5 Å². The van der Waals surface area contributed by atoms with Crippen LogP contribution in [0.4, 0.5) is 13.2 Å². The SMILES string of the molecule is CN(CC1(O)CCCC1)S(=O)(=O)NCC(F)(F)F. The van der Waals surface area contributed by atoms with Crippen molar-refractivity contribution in [1.29, 1.82) is 0 Å². The van der Waals surface area contributed by atoms with Crippen molar-refractivity contribution in [2.24, 2.45) is 0 Å². The zero-order chi connectivity index (χ0) is 14.0. The molecule has 0 aliphatic heterocycles. The molecule has 0 bridgehead atoms. The zero-order valence-corrected chi connectivity index (χ0v) is 10.8. The quantitative estimate of drug-likeness (QED) is 0.780. The van der Waals surface area contributed by atoms with Crippen molar-refractivity contribution in [3.63, 3.8) is 0 Å². The van der Waals surface area contributed by atoms with Gasteiger partial charge in [0, 0.05) is 13.6 Å². The van der Waals surface area contributed by atoms with Crippen LogP contribution in [0.25, 0.3) is 0 Å². The number of halogens is 3. The summed E-state index contributed by atoms with van der Waals surface area (Å²) < 4.78 is 61.0. The third-order valence-corrected chi connectivity index (χ3v) is 4.38. The molecule has 1 rings (SSSR count). The lowest BCUT2D eigenvalue weighted by Crippen LogP contribution is -2.48. The van der Waals surface area contributed by atoms with Gasteiger partial charge in [-0.3, -0.25) is 0 Å². The molecule has 1 aliphatic rings. The van der Waals surface area contributed by atoms with E-state index in [1.165, 1.54) is 4.72 Å². The lowest BCUT2D eigenvalue weighted by Gasteiger charge is -2.28. The van der Waals surface area contributed by atoms with Gasteiger partial charge in [0.25, 0.3) is 10.2 Å². The number of nitrogens with zero attached hydrogens (tertiary/aromatic N) is 1. The highest BCUT2D eigenvalue weighted by Crippen LogP contribution is 2.30. The third kappa shape index (κ3) is 4.71. The average Bonchev–Trinajstić information content (AvgIpc) is 2.61. The molecule has 1 saturated carbocycles. The van der Waals surface area contributed by atoms with E-state index in [0.717, 1.165) is 24.2 Å². The number of hydrogen-bond donors (Lipinski definition) is 2. The van der Waals surface area contributed by atoms with Gasteiger partial charge in [-0.1, -0.05) is 12.8 Å². The Morgan fingerprint density at radius 2 is 1.83 bits per heavy atom. The first-order valence-electron chi connectivity index (χ1n) is 5.54. The standard InChI is InChI=1S/C9H17F3N2O3S/c1-14(7-8(15)4-2-3-5-8)18(16,17)13-6-9(10,11)12/h13,15H,2-7H2,1H3. The summed E-state index contributed by atoms with van der Waals surface area (Å²) in [5.41, 5.74) is -1.12. The Balaban J connectivity index is 2.56. The number of alkyl halides is 3. The van der Waals surface area contributed by atoms with Crippen LogP contribution in [0, 0.1) is 0 Å². The highest BCUT2D eigenvalue weighted by molar-refractivity contribution is 7.87. The Morgan fingerprint density at radius 1 is 1.33 bits per heavy atom. The topological polar surface area (TPSA) is 69.6 Å². The molecule has 0 saturated heterocycles. The normalized spacial score (nSPS) is 20.6. The molecule has 5 nitrogen and oxygen atoms in total. The van der Waals surface area contributed by atoms with Crippen molar-refractivity contribution in [3.8, 4) is 0 Å². The van der Waals surface area contributed by atoms with E-state index in [4.69, 9.17) is 0 Å². The Morgan fingerprint density at radius 3 is 2.28 bits per heavy atom. The van der Waals surface area contributed by atoms with Gasteiger partial charge in [0.15, 0.2) is 0 Å². The highest BCUT2D eigenvalue weighted by atomic mass is 32.2. The van der Waals surface area contributed by atoms with Crippen LogP contribution >= 0.6 is 0 Å². The molecule has 0 amide bonds. The fourth-order valence-electron chi connectivity index (χ4n) is 1.97. The maximum Gasteiger partial charge on any atom is 0.402 e. The van der Waals surface area contributed by atoms with E-state index in [9.17, 15) is 26.7 Å². The average molecular weight is 290 g/mol. The van der Waals surface area contributed by atoms with Crippen LogP contribution in [0.15, 0.2) is 0 Å². The van der Waals surface area contributed by atoms with Gasteiger partial charge in [-0.15, -0.1) is 0 Å². The van der Waals surface area contributed by atoms with E-state index in [2.05, 4.69) is 0 Å². The second kappa shape index (κ2) is 5.32. The predicted octanol–water partition coefficient (Wildman–Crippen LogP) is 0.620. The Kier molecular flexibility index (Phi) is 4.63. The van der Waals surface area contributed by atoms with Gasteiger partial charge in [0.2, 0.25) is 0 Å². The summed E-state index contributed by atoms with van der Waals surface area (Å²) >= 11 is 0. The molecule has 0 spiro atoms. The van der Waals surface area contributed by atoms with Crippen molar-refractivity contribution in [2.75, 3.05) is 20.1 Å². The molecule has 0 unspecified atom stereocenters. The fourth-order valence-corrected chi connectivity index (χ4v) is 2.95. The molecule has 0 heterocycles. The molecule has 1 fully saturated rings. The zero-order valence-electron chi connectivity index (χ0n) is 10.00. The lowest BCUT2D eigenvalue weighted by molar-refractivity contribution is -0.121. The summed E-state index contributed by atoms with van der Waals surface area (Å²) in [6, 6.07) is 0. The largest absolute Gasteiger partial charge is 0.402 e.